The Balaban J connectivity index is 1.17. The fourth-order valence-corrected chi connectivity index (χ4v) is 4.80. The van der Waals surface area contributed by atoms with E-state index in [-0.39, 0.29) is 29.2 Å². The lowest BCUT2D eigenvalue weighted by molar-refractivity contribution is 0.00859. The van der Waals surface area contributed by atoms with Crippen molar-refractivity contribution in [1.82, 2.24) is 29.5 Å². The van der Waals surface area contributed by atoms with E-state index in [0.717, 1.165) is 18.3 Å². The Labute approximate surface area is 229 Å². The van der Waals surface area contributed by atoms with Crippen LogP contribution < -0.4 is 15.0 Å². The molecule has 2 aromatic heterocycles. The molecule has 0 aliphatic carbocycles. The minimum atomic E-state index is -1.03. The quantitative estimate of drug-likeness (QED) is 0.450. The molecular weight excluding hydrogens is 526 g/mol. The van der Waals surface area contributed by atoms with E-state index in [1.807, 2.05) is 20.8 Å². The van der Waals surface area contributed by atoms with Crippen molar-refractivity contribution in [3.8, 4) is 11.6 Å². The first kappa shape index (κ1) is 27.7. The Morgan fingerprint density at radius 2 is 1.80 bits per heavy atom. The molecule has 1 aromatic carbocycles. The van der Waals surface area contributed by atoms with Crippen LogP contribution in [0.25, 0.3) is 11.0 Å². The average molecular weight is 559 g/mol. The summed E-state index contributed by atoms with van der Waals surface area (Å²) in [6, 6.07) is 3.72. The molecule has 0 spiro atoms. The largest absolute Gasteiger partial charge is 0.484 e. The van der Waals surface area contributed by atoms with Gasteiger partial charge < -0.3 is 23.7 Å². The number of aromatic nitrogens is 4. The molecule has 13 heteroatoms. The van der Waals surface area contributed by atoms with E-state index in [4.69, 9.17) is 14.2 Å². The first-order valence-corrected chi connectivity index (χ1v) is 13.3. The Bertz CT molecular complexity index is 1450. The van der Waals surface area contributed by atoms with Gasteiger partial charge in [-0.2, -0.15) is 0 Å². The van der Waals surface area contributed by atoms with Crippen molar-refractivity contribution in [2.24, 2.45) is 0 Å². The third-order valence-electron chi connectivity index (χ3n) is 7.04. The van der Waals surface area contributed by atoms with Gasteiger partial charge in [0, 0.05) is 49.9 Å². The van der Waals surface area contributed by atoms with E-state index in [1.165, 1.54) is 4.57 Å². The topological polar surface area (TPSA) is 112 Å². The zero-order valence-corrected chi connectivity index (χ0v) is 22.7. The lowest BCUT2D eigenvalue weighted by Crippen LogP contribution is -2.48. The molecule has 4 heterocycles. The van der Waals surface area contributed by atoms with Crippen molar-refractivity contribution in [1.29, 1.82) is 0 Å². The van der Waals surface area contributed by atoms with Gasteiger partial charge >= 0.3 is 6.09 Å². The molecule has 0 atom stereocenters. The van der Waals surface area contributed by atoms with Crippen LogP contribution in [-0.2, 0) is 17.8 Å². The van der Waals surface area contributed by atoms with Crippen LogP contribution in [0.1, 0.15) is 39.3 Å². The number of fused-ring (bicyclic) bond motifs is 2. The summed E-state index contributed by atoms with van der Waals surface area (Å²) in [7, 11) is 0. The molecular formula is C27H32F2N6O5. The number of ether oxygens (including phenoxy) is 3. The average Bonchev–Trinajstić information content (AvgIpc) is 2.92. The van der Waals surface area contributed by atoms with Gasteiger partial charge in [-0.25, -0.2) is 18.6 Å². The van der Waals surface area contributed by atoms with Crippen molar-refractivity contribution in [3.05, 3.63) is 52.1 Å². The number of hydrogen-bond acceptors (Lipinski definition) is 9. The number of halogens is 2. The number of rotatable bonds is 6. The van der Waals surface area contributed by atoms with Crippen molar-refractivity contribution < 1.29 is 27.8 Å². The monoisotopic (exact) mass is 558 g/mol. The van der Waals surface area contributed by atoms with Crippen LogP contribution in [0.2, 0.25) is 0 Å². The number of amides is 1. The van der Waals surface area contributed by atoms with Gasteiger partial charge in [0.05, 0.1) is 29.5 Å². The molecule has 0 N–H and O–H groups in total. The predicted octanol–water partition coefficient (Wildman–Crippen LogP) is 3.14. The van der Waals surface area contributed by atoms with Crippen LogP contribution in [-0.4, -0.2) is 80.1 Å². The number of carbonyl (C=O) groups is 1. The zero-order valence-electron chi connectivity index (χ0n) is 22.7. The Kier molecular flexibility index (Phi) is 7.83. The minimum Gasteiger partial charge on any atom is -0.484 e. The Morgan fingerprint density at radius 1 is 1.07 bits per heavy atom. The second kappa shape index (κ2) is 11.3. The maximum atomic E-state index is 13.8. The molecule has 0 radical (unpaired) electrons. The highest BCUT2D eigenvalue weighted by Crippen LogP contribution is 2.28. The van der Waals surface area contributed by atoms with Gasteiger partial charge in [-0.15, -0.1) is 10.2 Å². The van der Waals surface area contributed by atoms with E-state index >= 15 is 0 Å². The first-order valence-electron chi connectivity index (χ1n) is 13.3. The van der Waals surface area contributed by atoms with E-state index in [9.17, 15) is 18.4 Å². The van der Waals surface area contributed by atoms with Gasteiger partial charge in [0.15, 0.2) is 17.4 Å². The van der Waals surface area contributed by atoms with Crippen molar-refractivity contribution in [2.75, 3.05) is 32.8 Å². The molecule has 3 aromatic rings. The summed E-state index contributed by atoms with van der Waals surface area (Å²) in [6.45, 7) is 8.94. The van der Waals surface area contributed by atoms with Crippen LogP contribution in [0.4, 0.5) is 13.6 Å². The van der Waals surface area contributed by atoms with E-state index in [2.05, 4.69) is 20.1 Å². The summed E-state index contributed by atoms with van der Waals surface area (Å²) < 4.78 is 45.7. The van der Waals surface area contributed by atoms with Crippen LogP contribution in [0, 0.1) is 11.6 Å². The second-order valence-electron chi connectivity index (χ2n) is 10.9. The lowest BCUT2D eigenvalue weighted by atomic mass is 10.1. The fourth-order valence-electron chi connectivity index (χ4n) is 4.80. The third-order valence-corrected chi connectivity index (χ3v) is 7.04. The summed E-state index contributed by atoms with van der Waals surface area (Å²) >= 11 is 0. The fraction of sp³-hybridized carbons (Fsp3) is 0.519. The summed E-state index contributed by atoms with van der Waals surface area (Å²) in [6.07, 6.45) is 1.66. The summed E-state index contributed by atoms with van der Waals surface area (Å²) in [5.74, 6) is -1.19. The minimum absolute atomic E-state index is 0.198. The normalized spacial score (nSPS) is 16.2. The first-order chi connectivity index (χ1) is 19.1. The highest BCUT2D eigenvalue weighted by Gasteiger charge is 2.32. The SMILES string of the molecule is CC(C)(C)N(Cc1cc2c(nn1)OCCO2)C(=O)OC1CCN(CCn2c(=O)cnc3cc(F)c(F)cc32)CC1. The van der Waals surface area contributed by atoms with Crippen molar-refractivity contribution >= 4 is 17.1 Å². The Hall–Kier alpha value is -3.87. The van der Waals surface area contributed by atoms with Gasteiger partial charge in [-0.05, 0) is 33.6 Å². The molecule has 1 saturated heterocycles. The standard InChI is InChI=1S/C27H32F2N6O5/c1-27(2,3)35(16-17-12-23-25(32-31-17)39-11-10-38-23)26(37)40-18-4-6-33(7-5-18)8-9-34-22-14-20(29)19(28)13-21(22)30-15-24(34)36/h12-15,18H,4-11,16H2,1-3H3. The summed E-state index contributed by atoms with van der Waals surface area (Å²) in [5.41, 5.74) is 0.116. The molecule has 2 aliphatic rings. The van der Waals surface area contributed by atoms with Crippen LogP contribution in [0.15, 0.2) is 29.2 Å². The lowest BCUT2D eigenvalue weighted by Gasteiger charge is -2.37. The van der Waals surface area contributed by atoms with Gasteiger partial charge in [0.2, 0.25) is 0 Å². The number of nitrogens with zero attached hydrogens (tertiary/aromatic N) is 6. The molecule has 40 heavy (non-hydrogen) atoms. The number of likely N-dealkylation sites (tertiary alicyclic amines) is 1. The highest BCUT2D eigenvalue weighted by molar-refractivity contribution is 5.74. The van der Waals surface area contributed by atoms with Crippen molar-refractivity contribution in [2.45, 2.75) is 58.3 Å². The van der Waals surface area contributed by atoms with Gasteiger partial charge in [0.25, 0.3) is 11.4 Å². The number of hydrogen-bond donors (Lipinski definition) is 0. The highest BCUT2D eigenvalue weighted by atomic mass is 19.2. The number of piperidine rings is 1. The smallest absolute Gasteiger partial charge is 0.410 e. The molecule has 2 aliphatic heterocycles. The molecule has 0 saturated carbocycles. The Morgan fingerprint density at radius 3 is 2.55 bits per heavy atom. The predicted molar refractivity (Wildman–Crippen MR) is 140 cm³/mol. The zero-order chi connectivity index (χ0) is 28.4. The van der Waals surface area contributed by atoms with E-state index in [0.29, 0.717) is 69.6 Å². The van der Waals surface area contributed by atoms with Gasteiger partial charge in [-0.1, -0.05) is 0 Å². The van der Waals surface area contributed by atoms with E-state index in [1.54, 1.807) is 11.0 Å². The van der Waals surface area contributed by atoms with Crippen molar-refractivity contribution in [3.63, 3.8) is 0 Å². The molecule has 5 rings (SSSR count). The third kappa shape index (κ3) is 6.14. The van der Waals surface area contributed by atoms with E-state index < -0.39 is 23.3 Å². The molecule has 11 nitrogen and oxygen atoms in total. The second-order valence-corrected chi connectivity index (χ2v) is 10.9. The summed E-state index contributed by atoms with van der Waals surface area (Å²) in [5, 5.41) is 8.25. The number of carbonyl (C=O) groups excluding carboxylic acids is 1. The van der Waals surface area contributed by atoms with Gasteiger partial charge in [-0.3, -0.25) is 9.69 Å². The maximum Gasteiger partial charge on any atom is 0.410 e. The van der Waals surface area contributed by atoms with Gasteiger partial charge in [0.1, 0.15) is 19.3 Å². The van der Waals surface area contributed by atoms with Crippen LogP contribution in [0.5, 0.6) is 11.6 Å². The van der Waals surface area contributed by atoms with Crippen LogP contribution >= 0.6 is 0 Å². The number of benzene rings is 1. The van der Waals surface area contributed by atoms with Crippen LogP contribution in [0.3, 0.4) is 0 Å². The molecule has 214 valence electrons. The maximum absolute atomic E-state index is 13.8. The summed E-state index contributed by atoms with van der Waals surface area (Å²) in [4.78, 5) is 33.3. The molecule has 0 unspecified atom stereocenters. The molecule has 0 bridgehead atoms. The molecule has 1 amide bonds. The molecule has 1 fully saturated rings.